The lowest BCUT2D eigenvalue weighted by Gasteiger charge is -2.20. The van der Waals surface area contributed by atoms with Gasteiger partial charge < -0.3 is 19.5 Å². The number of carbonyl (C=O) groups is 1. The molecule has 2 aliphatic heterocycles. The molecule has 9 nitrogen and oxygen atoms in total. The van der Waals surface area contributed by atoms with Gasteiger partial charge in [-0.15, -0.1) is 8.78 Å². The van der Waals surface area contributed by atoms with E-state index in [1.165, 1.54) is 6.08 Å². The number of alkyl halides is 2. The maximum Gasteiger partial charge on any atom is 0.535 e. The fraction of sp³-hybridized carbons (Fsp3) is 0.350. The first-order chi connectivity index (χ1) is 14.7. The van der Waals surface area contributed by atoms with E-state index in [0.717, 1.165) is 5.56 Å². The molecule has 2 aromatic rings. The third-order valence-electron chi connectivity index (χ3n) is 5.52. The van der Waals surface area contributed by atoms with E-state index < -0.39 is 18.3 Å². The number of fused-ring (bicyclic) bond motifs is 2. The van der Waals surface area contributed by atoms with Crippen LogP contribution in [-0.2, 0) is 14.3 Å². The topological polar surface area (TPSA) is 101 Å². The standard InChI is InChI=1S/C20H19F2N5O4/c1-9-15-13(8-14-16(9)30-20(21,22)29-14)23-19(24-15)25-18(28)12-6-4-5-11(7-12)17-26-31-10(2)27(17)3/h4-10,16H,1-3H3,(H2,23,24,25,28). The van der Waals surface area contributed by atoms with Crippen LogP contribution in [0.3, 0.4) is 0 Å². The normalized spacial score (nSPS) is 25.7. The number of hydrogen-bond acceptors (Lipinski definition) is 7. The summed E-state index contributed by atoms with van der Waals surface area (Å²) in [7, 11) is 1.85. The maximum atomic E-state index is 13.4. The molecule has 1 aliphatic carbocycles. The number of ether oxygens (including phenoxy) is 2. The first-order valence-electron chi connectivity index (χ1n) is 9.66. The van der Waals surface area contributed by atoms with E-state index >= 15 is 0 Å². The Kier molecular flexibility index (Phi) is 4.26. The molecule has 0 spiro atoms. The minimum Gasteiger partial charge on any atom is -0.411 e. The molecule has 0 radical (unpaired) electrons. The molecule has 3 aliphatic rings. The Bertz CT molecular complexity index is 1130. The van der Waals surface area contributed by atoms with Crippen LogP contribution in [0, 0.1) is 0 Å². The third-order valence-corrected chi connectivity index (χ3v) is 5.52. The lowest BCUT2D eigenvalue weighted by atomic mass is 9.93. The van der Waals surface area contributed by atoms with Gasteiger partial charge in [0.15, 0.2) is 12.1 Å². The number of oxime groups is 1. The summed E-state index contributed by atoms with van der Waals surface area (Å²) >= 11 is 0. The number of imidazole rings is 1. The Morgan fingerprint density at radius 2 is 2.13 bits per heavy atom. The van der Waals surface area contributed by atoms with Crippen molar-refractivity contribution in [2.24, 2.45) is 5.16 Å². The molecular weight excluding hydrogens is 412 g/mol. The molecular formula is C20H19F2N5O4. The second kappa shape index (κ2) is 6.77. The zero-order valence-corrected chi connectivity index (χ0v) is 16.8. The molecule has 3 unspecified atom stereocenters. The van der Waals surface area contributed by atoms with Crippen molar-refractivity contribution >= 4 is 23.8 Å². The van der Waals surface area contributed by atoms with Crippen LogP contribution in [0.25, 0.3) is 6.08 Å². The highest BCUT2D eigenvalue weighted by Crippen LogP contribution is 2.44. The third kappa shape index (κ3) is 3.30. The van der Waals surface area contributed by atoms with Crippen molar-refractivity contribution in [2.75, 3.05) is 12.4 Å². The van der Waals surface area contributed by atoms with Crippen LogP contribution < -0.4 is 5.32 Å². The SMILES string of the molecule is CC1c2[nH]c(NC(=O)c3cccc(C4=NOC(C)N4C)c3)nc2C=C2OC(F)(F)OC21. The summed E-state index contributed by atoms with van der Waals surface area (Å²) in [5, 5.41) is 6.76. The average molecular weight is 431 g/mol. The molecule has 5 rings (SSSR count). The fourth-order valence-corrected chi connectivity index (χ4v) is 3.76. The Morgan fingerprint density at radius 1 is 1.32 bits per heavy atom. The number of rotatable bonds is 3. The zero-order chi connectivity index (χ0) is 21.9. The van der Waals surface area contributed by atoms with Gasteiger partial charge in [0.25, 0.3) is 5.91 Å². The van der Waals surface area contributed by atoms with Gasteiger partial charge >= 0.3 is 6.29 Å². The van der Waals surface area contributed by atoms with Crippen LogP contribution in [0.4, 0.5) is 14.7 Å². The number of hydrogen-bond donors (Lipinski definition) is 2. The van der Waals surface area contributed by atoms with Gasteiger partial charge in [0, 0.05) is 35.9 Å². The number of halogens is 2. The number of carbonyl (C=O) groups excluding carboxylic acids is 1. The molecule has 3 atom stereocenters. The van der Waals surface area contributed by atoms with Crippen molar-refractivity contribution in [1.29, 1.82) is 0 Å². The number of aromatic nitrogens is 2. The minimum absolute atomic E-state index is 0.0139. The Morgan fingerprint density at radius 3 is 2.87 bits per heavy atom. The van der Waals surface area contributed by atoms with E-state index in [1.807, 2.05) is 24.9 Å². The molecule has 31 heavy (non-hydrogen) atoms. The van der Waals surface area contributed by atoms with Crippen LogP contribution in [-0.4, -0.2) is 52.3 Å². The molecule has 3 heterocycles. The van der Waals surface area contributed by atoms with Crippen LogP contribution in [0.2, 0.25) is 0 Å². The molecule has 1 fully saturated rings. The summed E-state index contributed by atoms with van der Waals surface area (Å²) in [6, 6.07) is 6.95. The first-order valence-corrected chi connectivity index (χ1v) is 9.66. The van der Waals surface area contributed by atoms with Crippen molar-refractivity contribution in [1.82, 2.24) is 14.9 Å². The summed E-state index contributed by atoms with van der Waals surface area (Å²) in [5.41, 5.74) is 2.13. The molecule has 11 heteroatoms. The number of anilines is 1. The molecule has 1 saturated heterocycles. The van der Waals surface area contributed by atoms with Crippen LogP contribution in [0.5, 0.6) is 0 Å². The van der Waals surface area contributed by atoms with Crippen LogP contribution >= 0.6 is 0 Å². The van der Waals surface area contributed by atoms with Gasteiger partial charge in [-0.25, -0.2) is 4.98 Å². The summed E-state index contributed by atoms with van der Waals surface area (Å²) in [4.78, 5) is 27.2. The molecule has 1 amide bonds. The second-order valence-corrected chi connectivity index (χ2v) is 7.59. The zero-order valence-electron chi connectivity index (χ0n) is 16.8. The quantitative estimate of drug-likeness (QED) is 0.775. The van der Waals surface area contributed by atoms with Gasteiger partial charge in [0.1, 0.15) is 11.9 Å². The Balaban J connectivity index is 1.36. The van der Waals surface area contributed by atoms with E-state index in [-0.39, 0.29) is 23.8 Å². The summed E-state index contributed by atoms with van der Waals surface area (Å²) < 4.78 is 36.0. The van der Waals surface area contributed by atoms with Gasteiger partial charge in [-0.2, -0.15) is 0 Å². The van der Waals surface area contributed by atoms with Crippen molar-refractivity contribution in [2.45, 2.75) is 38.4 Å². The summed E-state index contributed by atoms with van der Waals surface area (Å²) in [6.07, 6.45) is -3.37. The maximum absolute atomic E-state index is 13.4. The Hall–Kier alpha value is -3.47. The van der Waals surface area contributed by atoms with Crippen molar-refractivity contribution in [3.63, 3.8) is 0 Å². The van der Waals surface area contributed by atoms with E-state index in [0.29, 0.717) is 22.8 Å². The van der Waals surface area contributed by atoms with E-state index in [2.05, 4.69) is 29.9 Å². The number of amides is 1. The van der Waals surface area contributed by atoms with Gasteiger partial charge in [0.05, 0.1) is 5.69 Å². The minimum atomic E-state index is -3.66. The van der Waals surface area contributed by atoms with Gasteiger partial charge in [-0.1, -0.05) is 24.2 Å². The van der Waals surface area contributed by atoms with Crippen molar-refractivity contribution in [3.05, 3.63) is 52.5 Å². The summed E-state index contributed by atoms with van der Waals surface area (Å²) in [5.74, 6) is -0.00652. The van der Waals surface area contributed by atoms with Gasteiger partial charge in [-0.05, 0) is 19.1 Å². The van der Waals surface area contributed by atoms with Crippen LogP contribution in [0.1, 0.15) is 47.1 Å². The number of benzene rings is 1. The number of nitrogens with zero attached hydrogens (tertiary/aromatic N) is 3. The number of H-pyrrole nitrogens is 1. The predicted octanol–water partition coefficient (Wildman–Crippen LogP) is 3.06. The monoisotopic (exact) mass is 431 g/mol. The van der Waals surface area contributed by atoms with E-state index in [1.54, 1.807) is 25.1 Å². The van der Waals surface area contributed by atoms with E-state index in [4.69, 9.17) is 4.84 Å². The van der Waals surface area contributed by atoms with Gasteiger partial charge in [0.2, 0.25) is 5.95 Å². The molecule has 162 valence electrons. The largest absolute Gasteiger partial charge is 0.535 e. The van der Waals surface area contributed by atoms with Crippen molar-refractivity contribution < 1.29 is 27.9 Å². The van der Waals surface area contributed by atoms with E-state index in [9.17, 15) is 13.6 Å². The van der Waals surface area contributed by atoms with Gasteiger partial charge in [-0.3, -0.25) is 14.8 Å². The number of amidine groups is 1. The molecule has 0 bridgehead atoms. The molecule has 1 aromatic heterocycles. The molecule has 2 N–H and O–H groups in total. The first kappa shape index (κ1) is 19.5. The van der Waals surface area contributed by atoms with Crippen LogP contribution in [0.15, 0.2) is 35.2 Å². The number of nitrogens with one attached hydrogen (secondary N) is 2. The Labute approximate surface area is 175 Å². The fourth-order valence-electron chi connectivity index (χ4n) is 3.76. The lowest BCUT2D eigenvalue weighted by Crippen LogP contribution is -2.30. The highest BCUT2D eigenvalue weighted by atomic mass is 19.3. The predicted molar refractivity (Wildman–Crippen MR) is 105 cm³/mol. The molecule has 0 saturated carbocycles. The smallest absolute Gasteiger partial charge is 0.411 e. The molecule has 1 aromatic carbocycles. The highest BCUT2D eigenvalue weighted by molar-refractivity contribution is 6.06. The lowest BCUT2D eigenvalue weighted by molar-refractivity contribution is -0.342. The number of aromatic amines is 1. The summed E-state index contributed by atoms with van der Waals surface area (Å²) in [6.45, 7) is 3.59. The average Bonchev–Trinajstić information content (AvgIpc) is 3.37. The second-order valence-electron chi connectivity index (χ2n) is 7.59. The van der Waals surface area contributed by atoms with Crippen molar-refractivity contribution in [3.8, 4) is 0 Å². The highest BCUT2D eigenvalue weighted by Gasteiger charge is 2.51.